The summed E-state index contributed by atoms with van der Waals surface area (Å²) in [7, 11) is 0. The van der Waals surface area contributed by atoms with Crippen LogP contribution in [0.25, 0.3) is 10.4 Å². The Morgan fingerprint density at radius 2 is 2.21 bits per heavy atom. The van der Waals surface area contributed by atoms with Crippen molar-refractivity contribution in [3.05, 3.63) is 46.3 Å². The lowest BCUT2D eigenvalue weighted by atomic mass is 10.2. The molecule has 1 amide bonds. The van der Waals surface area contributed by atoms with Crippen LogP contribution in [0.3, 0.4) is 0 Å². The lowest BCUT2D eigenvalue weighted by Gasteiger charge is -2.18. The predicted molar refractivity (Wildman–Crippen MR) is 69.2 cm³/mol. The largest absolute Gasteiger partial charge is 0.445 e. The van der Waals surface area contributed by atoms with Crippen molar-refractivity contribution in [2.75, 3.05) is 6.54 Å². The number of carbonyl (C=O) groups is 1. The Morgan fingerprint density at radius 3 is 2.84 bits per heavy atom. The van der Waals surface area contributed by atoms with Crippen LogP contribution in [-0.2, 0) is 11.3 Å². The summed E-state index contributed by atoms with van der Waals surface area (Å²) in [5, 5.41) is 15.2. The molecule has 1 unspecified atom stereocenters. The van der Waals surface area contributed by atoms with Gasteiger partial charge in [-0.2, -0.15) is 0 Å². The number of aliphatic hydroxyl groups excluding tert-OH is 1. The summed E-state index contributed by atoms with van der Waals surface area (Å²) in [6, 6.07) is 8.69. The van der Waals surface area contributed by atoms with Crippen molar-refractivity contribution in [3.63, 3.8) is 0 Å². The molecule has 1 aromatic carbocycles. The van der Waals surface area contributed by atoms with Crippen LogP contribution in [0.1, 0.15) is 12.5 Å². The van der Waals surface area contributed by atoms with E-state index in [-0.39, 0.29) is 13.2 Å². The monoisotopic (exact) mass is 264 g/mol. The van der Waals surface area contributed by atoms with Crippen LogP contribution < -0.4 is 5.32 Å². The van der Waals surface area contributed by atoms with E-state index in [2.05, 4.69) is 15.3 Å². The average Bonchev–Trinajstić information content (AvgIpc) is 2.43. The minimum absolute atomic E-state index is 0.101. The van der Waals surface area contributed by atoms with Gasteiger partial charge >= 0.3 is 6.09 Å². The van der Waals surface area contributed by atoms with Gasteiger partial charge in [0.05, 0.1) is 18.7 Å². The molecule has 0 saturated heterocycles. The molecule has 7 nitrogen and oxygen atoms in total. The van der Waals surface area contributed by atoms with Crippen LogP contribution in [0.2, 0.25) is 0 Å². The molecule has 1 aromatic rings. The highest BCUT2D eigenvalue weighted by molar-refractivity contribution is 5.67. The topological polar surface area (TPSA) is 107 Å². The Labute approximate surface area is 110 Å². The third-order valence-electron chi connectivity index (χ3n) is 2.47. The number of aliphatic hydroxyl groups is 1. The third-order valence-corrected chi connectivity index (χ3v) is 2.47. The first kappa shape index (κ1) is 14.8. The lowest BCUT2D eigenvalue weighted by Crippen LogP contribution is -2.42. The van der Waals surface area contributed by atoms with Gasteiger partial charge in [-0.1, -0.05) is 35.4 Å². The summed E-state index contributed by atoms with van der Waals surface area (Å²) in [4.78, 5) is 14.0. The standard InChI is InChI=1S/C12H16N4O3/c1-9(11(17)7-14-16-13)15-12(18)19-8-10-5-3-2-4-6-10/h2-6,9,11,17H,7-8H2,1H3,(H,15,18)/t9?,11-/m0/s1. The highest BCUT2D eigenvalue weighted by Gasteiger charge is 2.16. The molecule has 0 aliphatic rings. The van der Waals surface area contributed by atoms with Crippen molar-refractivity contribution in [3.8, 4) is 0 Å². The van der Waals surface area contributed by atoms with E-state index in [9.17, 15) is 9.90 Å². The van der Waals surface area contributed by atoms with Crippen LogP contribution in [0.5, 0.6) is 0 Å². The molecule has 0 bridgehead atoms. The number of hydrogen-bond donors (Lipinski definition) is 2. The van der Waals surface area contributed by atoms with Crippen molar-refractivity contribution >= 4 is 6.09 Å². The highest BCUT2D eigenvalue weighted by atomic mass is 16.5. The van der Waals surface area contributed by atoms with E-state index < -0.39 is 18.2 Å². The minimum Gasteiger partial charge on any atom is -0.445 e. The maximum Gasteiger partial charge on any atom is 0.407 e. The summed E-state index contributed by atoms with van der Waals surface area (Å²) in [5.41, 5.74) is 9.00. The lowest BCUT2D eigenvalue weighted by molar-refractivity contribution is 0.110. The molecule has 2 atom stereocenters. The number of alkyl carbamates (subject to hydrolysis) is 1. The fraction of sp³-hybridized carbons (Fsp3) is 0.417. The average molecular weight is 264 g/mol. The molecule has 19 heavy (non-hydrogen) atoms. The van der Waals surface area contributed by atoms with E-state index in [1.54, 1.807) is 6.92 Å². The molecule has 0 heterocycles. The number of benzene rings is 1. The van der Waals surface area contributed by atoms with Crippen LogP contribution >= 0.6 is 0 Å². The van der Waals surface area contributed by atoms with Crippen LogP contribution in [0, 0.1) is 0 Å². The highest BCUT2D eigenvalue weighted by Crippen LogP contribution is 2.01. The van der Waals surface area contributed by atoms with Crippen molar-refractivity contribution in [2.45, 2.75) is 25.7 Å². The van der Waals surface area contributed by atoms with Gasteiger partial charge in [0.15, 0.2) is 0 Å². The van der Waals surface area contributed by atoms with E-state index in [0.29, 0.717) is 0 Å². The number of carbonyl (C=O) groups excluding carboxylic acids is 1. The fourth-order valence-corrected chi connectivity index (χ4v) is 1.33. The van der Waals surface area contributed by atoms with Crippen LogP contribution in [-0.4, -0.2) is 29.9 Å². The fourth-order valence-electron chi connectivity index (χ4n) is 1.33. The molecule has 2 N–H and O–H groups in total. The number of rotatable bonds is 6. The molecule has 0 aliphatic carbocycles. The van der Waals surface area contributed by atoms with Crippen molar-refractivity contribution in [1.82, 2.24) is 5.32 Å². The van der Waals surface area contributed by atoms with Gasteiger partial charge in [0.25, 0.3) is 0 Å². The molecule has 0 saturated carbocycles. The van der Waals surface area contributed by atoms with Crippen LogP contribution in [0.4, 0.5) is 4.79 Å². The molecule has 0 radical (unpaired) electrons. The summed E-state index contributed by atoms with van der Waals surface area (Å²) >= 11 is 0. The van der Waals surface area contributed by atoms with E-state index in [1.165, 1.54) is 0 Å². The second-order valence-corrected chi connectivity index (χ2v) is 3.98. The van der Waals surface area contributed by atoms with Crippen LogP contribution in [0.15, 0.2) is 35.4 Å². The Balaban J connectivity index is 2.32. The maximum absolute atomic E-state index is 11.5. The van der Waals surface area contributed by atoms with Gasteiger partial charge in [-0.3, -0.25) is 0 Å². The molecular weight excluding hydrogens is 248 g/mol. The number of nitrogens with one attached hydrogen (secondary N) is 1. The first-order valence-electron chi connectivity index (χ1n) is 5.79. The number of hydrogen-bond acceptors (Lipinski definition) is 4. The third kappa shape index (κ3) is 5.76. The number of nitrogens with zero attached hydrogens (tertiary/aromatic N) is 3. The molecular formula is C12H16N4O3. The zero-order valence-electron chi connectivity index (χ0n) is 10.6. The number of azide groups is 1. The summed E-state index contributed by atoms with van der Waals surface area (Å²) in [6.07, 6.45) is -1.57. The van der Waals surface area contributed by atoms with Gasteiger partial charge in [0, 0.05) is 4.91 Å². The van der Waals surface area contributed by atoms with Crippen molar-refractivity contribution in [2.24, 2.45) is 5.11 Å². The van der Waals surface area contributed by atoms with E-state index in [1.807, 2.05) is 30.3 Å². The number of ether oxygens (including phenoxy) is 1. The second kappa shape index (κ2) is 7.97. The SMILES string of the molecule is CC(NC(=O)OCc1ccccc1)[C@@H](O)CN=[N+]=[N-]. The first-order valence-corrected chi connectivity index (χ1v) is 5.79. The zero-order valence-corrected chi connectivity index (χ0v) is 10.6. The Kier molecular flexibility index (Phi) is 6.21. The van der Waals surface area contributed by atoms with Gasteiger partial charge in [-0.25, -0.2) is 4.79 Å². The molecule has 1 rings (SSSR count). The molecule has 0 spiro atoms. The Hall–Kier alpha value is -2.24. The summed E-state index contributed by atoms with van der Waals surface area (Å²) < 4.78 is 4.99. The molecule has 102 valence electrons. The van der Waals surface area contributed by atoms with Gasteiger partial charge in [0.2, 0.25) is 0 Å². The summed E-state index contributed by atoms with van der Waals surface area (Å²) in [6.45, 7) is 1.66. The molecule has 0 aliphatic heterocycles. The van der Waals surface area contributed by atoms with E-state index >= 15 is 0 Å². The molecule has 0 aromatic heterocycles. The van der Waals surface area contributed by atoms with Gasteiger partial charge in [-0.15, -0.1) is 0 Å². The van der Waals surface area contributed by atoms with Gasteiger partial charge in [0.1, 0.15) is 6.61 Å². The Bertz CT molecular complexity index is 446. The predicted octanol–water partition coefficient (Wildman–Crippen LogP) is 1.97. The second-order valence-electron chi connectivity index (χ2n) is 3.98. The summed E-state index contributed by atoms with van der Waals surface area (Å²) in [5.74, 6) is 0. The minimum atomic E-state index is -0.944. The van der Waals surface area contributed by atoms with E-state index in [0.717, 1.165) is 5.56 Å². The quantitative estimate of drug-likeness (QED) is 0.466. The zero-order chi connectivity index (χ0) is 14.1. The molecule has 7 heteroatoms. The van der Waals surface area contributed by atoms with Gasteiger partial charge < -0.3 is 15.2 Å². The first-order chi connectivity index (χ1) is 9.13. The molecule has 0 fully saturated rings. The van der Waals surface area contributed by atoms with Crippen molar-refractivity contribution in [1.29, 1.82) is 0 Å². The van der Waals surface area contributed by atoms with Gasteiger partial charge in [-0.05, 0) is 18.0 Å². The number of amides is 1. The van der Waals surface area contributed by atoms with E-state index in [4.69, 9.17) is 10.3 Å². The maximum atomic E-state index is 11.5. The Morgan fingerprint density at radius 1 is 1.53 bits per heavy atom. The normalized spacial score (nSPS) is 12.9. The van der Waals surface area contributed by atoms with Crippen molar-refractivity contribution < 1.29 is 14.6 Å². The smallest absolute Gasteiger partial charge is 0.407 e.